The van der Waals surface area contributed by atoms with E-state index in [2.05, 4.69) is 20.0 Å². The minimum Gasteiger partial charge on any atom is -0.465 e. The molecule has 0 unspecified atom stereocenters. The molecule has 0 saturated heterocycles. The van der Waals surface area contributed by atoms with Crippen LogP contribution in [0.5, 0.6) is 0 Å². The van der Waals surface area contributed by atoms with Gasteiger partial charge in [0.05, 0.1) is 7.11 Å². The number of nitrogens with one attached hydrogen (secondary N) is 1. The van der Waals surface area contributed by atoms with E-state index in [1.807, 2.05) is 13.8 Å². The van der Waals surface area contributed by atoms with Gasteiger partial charge in [-0.25, -0.2) is 14.8 Å². The quantitative estimate of drug-likeness (QED) is 0.763. The van der Waals surface area contributed by atoms with Gasteiger partial charge in [0.2, 0.25) is 0 Å². The van der Waals surface area contributed by atoms with Gasteiger partial charge in [-0.3, -0.25) is 0 Å². The number of ether oxygens (including phenoxy) is 1. The van der Waals surface area contributed by atoms with E-state index in [0.29, 0.717) is 17.2 Å². The zero-order valence-corrected chi connectivity index (χ0v) is 9.37. The number of aromatic nitrogens is 2. The Balaban J connectivity index is 3.15. The summed E-state index contributed by atoms with van der Waals surface area (Å²) in [5, 5.41) is 2.85. The summed E-state index contributed by atoms with van der Waals surface area (Å²) in [6.45, 7) is 3.99. The molecule has 82 valence electrons. The van der Waals surface area contributed by atoms with Crippen molar-refractivity contribution in [3.05, 3.63) is 17.6 Å². The number of hydrogen-bond donors (Lipinski definition) is 1. The Labute approximate surface area is 88.9 Å². The molecule has 1 aromatic heterocycles. The van der Waals surface area contributed by atoms with E-state index in [1.54, 1.807) is 7.05 Å². The van der Waals surface area contributed by atoms with Gasteiger partial charge in [0.15, 0.2) is 0 Å². The lowest BCUT2D eigenvalue weighted by Crippen LogP contribution is -2.10. The van der Waals surface area contributed by atoms with Crippen molar-refractivity contribution in [3.63, 3.8) is 0 Å². The largest absolute Gasteiger partial charge is 0.465 e. The van der Waals surface area contributed by atoms with Gasteiger partial charge in [0.1, 0.15) is 17.2 Å². The summed E-state index contributed by atoms with van der Waals surface area (Å²) in [4.78, 5) is 19.7. The molecule has 0 bridgehead atoms. The normalized spacial score (nSPS) is 10.2. The molecule has 0 aliphatic rings. The monoisotopic (exact) mass is 209 g/mol. The third-order valence-electron chi connectivity index (χ3n) is 1.97. The minimum atomic E-state index is -0.436. The Bertz CT molecular complexity index is 364. The van der Waals surface area contributed by atoms with Gasteiger partial charge in [-0.2, -0.15) is 0 Å². The number of rotatable bonds is 3. The number of hydrogen-bond acceptors (Lipinski definition) is 5. The zero-order valence-electron chi connectivity index (χ0n) is 9.37. The average Bonchev–Trinajstić information content (AvgIpc) is 2.27. The van der Waals surface area contributed by atoms with E-state index >= 15 is 0 Å². The summed E-state index contributed by atoms with van der Waals surface area (Å²) in [7, 11) is 3.04. The zero-order chi connectivity index (χ0) is 11.4. The molecule has 0 saturated carbocycles. The first kappa shape index (κ1) is 11.4. The second-order valence-corrected chi connectivity index (χ2v) is 3.39. The predicted octanol–water partition coefficient (Wildman–Crippen LogP) is 1.43. The van der Waals surface area contributed by atoms with Crippen molar-refractivity contribution in [1.29, 1.82) is 0 Å². The van der Waals surface area contributed by atoms with Crippen molar-refractivity contribution in [3.8, 4) is 0 Å². The van der Waals surface area contributed by atoms with Gasteiger partial charge in [0.25, 0.3) is 0 Å². The first-order valence-corrected chi connectivity index (χ1v) is 4.73. The van der Waals surface area contributed by atoms with Gasteiger partial charge in [-0.1, -0.05) is 13.8 Å². The van der Waals surface area contributed by atoms with Crippen molar-refractivity contribution >= 4 is 11.8 Å². The highest BCUT2D eigenvalue weighted by atomic mass is 16.5. The molecule has 0 aliphatic carbocycles. The van der Waals surface area contributed by atoms with E-state index in [-0.39, 0.29) is 5.92 Å². The van der Waals surface area contributed by atoms with Crippen molar-refractivity contribution in [2.24, 2.45) is 0 Å². The van der Waals surface area contributed by atoms with Crippen LogP contribution in [0.2, 0.25) is 0 Å². The van der Waals surface area contributed by atoms with Crippen molar-refractivity contribution in [2.75, 3.05) is 19.5 Å². The molecule has 0 radical (unpaired) electrons. The number of esters is 1. The van der Waals surface area contributed by atoms with Crippen LogP contribution in [0.1, 0.15) is 35.9 Å². The molecule has 1 heterocycles. The molecule has 1 aromatic rings. The highest BCUT2D eigenvalue weighted by Gasteiger charge is 2.14. The van der Waals surface area contributed by atoms with Crippen LogP contribution in [-0.4, -0.2) is 30.1 Å². The van der Waals surface area contributed by atoms with Crippen LogP contribution in [0.25, 0.3) is 0 Å². The summed E-state index contributed by atoms with van der Waals surface area (Å²) < 4.78 is 4.62. The SMILES string of the molecule is CNc1nc(C(C)C)ncc1C(=O)OC. The maximum absolute atomic E-state index is 11.3. The van der Waals surface area contributed by atoms with E-state index in [9.17, 15) is 4.79 Å². The third-order valence-corrected chi connectivity index (χ3v) is 1.97. The lowest BCUT2D eigenvalue weighted by molar-refractivity contribution is 0.0601. The smallest absolute Gasteiger partial charge is 0.343 e. The van der Waals surface area contributed by atoms with Crippen molar-refractivity contribution in [2.45, 2.75) is 19.8 Å². The second-order valence-electron chi connectivity index (χ2n) is 3.39. The molecule has 0 spiro atoms. The van der Waals surface area contributed by atoms with Crippen molar-refractivity contribution in [1.82, 2.24) is 9.97 Å². The number of nitrogens with zero attached hydrogens (tertiary/aromatic N) is 2. The van der Waals surface area contributed by atoms with E-state index < -0.39 is 5.97 Å². The van der Waals surface area contributed by atoms with Crippen LogP contribution in [-0.2, 0) is 4.74 Å². The molecule has 0 aliphatic heterocycles. The molecule has 0 fully saturated rings. The third kappa shape index (κ3) is 2.43. The van der Waals surface area contributed by atoms with E-state index in [0.717, 1.165) is 0 Å². The fourth-order valence-electron chi connectivity index (χ4n) is 1.12. The minimum absolute atomic E-state index is 0.226. The first-order chi connectivity index (χ1) is 7.10. The Kier molecular flexibility index (Phi) is 3.60. The van der Waals surface area contributed by atoms with E-state index in [4.69, 9.17) is 0 Å². The average molecular weight is 209 g/mol. The maximum Gasteiger partial charge on any atom is 0.343 e. The lowest BCUT2D eigenvalue weighted by atomic mass is 10.2. The van der Waals surface area contributed by atoms with Crippen LogP contribution in [0, 0.1) is 0 Å². The molecule has 15 heavy (non-hydrogen) atoms. The van der Waals surface area contributed by atoms with Gasteiger partial charge in [-0.15, -0.1) is 0 Å². The Morgan fingerprint density at radius 1 is 1.53 bits per heavy atom. The molecule has 1 N–H and O–H groups in total. The highest BCUT2D eigenvalue weighted by molar-refractivity contribution is 5.94. The molecular weight excluding hydrogens is 194 g/mol. The van der Waals surface area contributed by atoms with Gasteiger partial charge < -0.3 is 10.1 Å². The first-order valence-electron chi connectivity index (χ1n) is 4.73. The highest BCUT2D eigenvalue weighted by Crippen LogP contribution is 2.16. The van der Waals surface area contributed by atoms with Crippen LogP contribution < -0.4 is 5.32 Å². The Morgan fingerprint density at radius 2 is 2.20 bits per heavy atom. The number of carbonyl (C=O) groups excluding carboxylic acids is 1. The van der Waals surface area contributed by atoms with Crippen molar-refractivity contribution < 1.29 is 9.53 Å². The second kappa shape index (κ2) is 4.72. The molecule has 0 atom stereocenters. The van der Waals surface area contributed by atoms with Crippen LogP contribution >= 0.6 is 0 Å². The topological polar surface area (TPSA) is 64.1 Å². The van der Waals surface area contributed by atoms with Gasteiger partial charge in [0, 0.05) is 19.2 Å². The maximum atomic E-state index is 11.3. The lowest BCUT2D eigenvalue weighted by Gasteiger charge is -2.09. The predicted molar refractivity (Wildman–Crippen MR) is 57.0 cm³/mol. The van der Waals surface area contributed by atoms with Gasteiger partial charge in [-0.05, 0) is 0 Å². The molecule has 5 nitrogen and oxygen atoms in total. The summed E-state index contributed by atoms with van der Waals surface area (Å²) in [5.74, 6) is 0.992. The molecule has 0 aromatic carbocycles. The number of carbonyl (C=O) groups is 1. The van der Waals surface area contributed by atoms with Crippen LogP contribution in [0.15, 0.2) is 6.20 Å². The van der Waals surface area contributed by atoms with Gasteiger partial charge >= 0.3 is 5.97 Å². The molecule has 1 rings (SSSR count). The summed E-state index contributed by atoms with van der Waals surface area (Å²) in [6.07, 6.45) is 1.49. The molecular formula is C10H15N3O2. The molecule has 5 heteroatoms. The summed E-state index contributed by atoms with van der Waals surface area (Å²) >= 11 is 0. The van der Waals surface area contributed by atoms with Crippen LogP contribution in [0.4, 0.5) is 5.82 Å². The summed E-state index contributed by atoms with van der Waals surface area (Å²) in [6, 6.07) is 0. The fraction of sp³-hybridized carbons (Fsp3) is 0.500. The Morgan fingerprint density at radius 3 is 2.67 bits per heavy atom. The number of anilines is 1. The summed E-state index contributed by atoms with van der Waals surface area (Å²) in [5.41, 5.74) is 0.351. The standard InChI is InChI=1S/C10H15N3O2/c1-6(2)8-12-5-7(10(14)15-4)9(11-3)13-8/h5-6H,1-4H3,(H,11,12,13). The fourth-order valence-corrected chi connectivity index (χ4v) is 1.12. The van der Waals surface area contributed by atoms with Crippen LogP contribution in [0.3, 0.4) is 0 Å². The van der Waals surface area contributed by atoms with E-state index in [1.165, 1.54) is 13.3 Å². The Hall–Kier alpha value is -1.65. The molecule has 0 amide bonds. The number of methoxy groups -OCH3 is 1.